The van der Waals surface area contributed by atoms with E-state index in [-0.39, 0.29) is 6.10 Å². The molecule has 1 aliphatic rings. The first kappa shape index (κ1) is 12.3. The van der Waals surface area contributed by atoms with E-state index in [1.165, 1.54) is 6.07 Å². The van der Waals surface area contributed by atoms with Gasteiger partial charge in [0.1, 0.15) is 5.82 Å². The van der Waals surface area contributed by atoms with Gasteiger partial charge in [0.25, 0.3) is 0 Å². The Balaban J connectivity index is 2.02. The fourth-order valence-corrected chi connectivity index (χ4v) is 2.02. The van der Waals surface area contributed by atoms with Crippen molar-refractivity contribution >= 4 is 5.82 Å². The van der Waals surface area contributed by atoms with Crippen molar-refractivity contribution in [3.63, 3.8) is 0 Å². The van der Waals surface area contributed by atoms with Gasteiger partial charge in [0.05, 0.1) is 12.7 Å². The second kappa shape index (κ2) is 5.42. The fraction of sp³-hybridized carbons (Fsp3) is 0.583. The molecule has 1 aromatic heterocycles. The van der Waals surface area contributed by atoms with Gasteiger partial charge in [-0.3, -0.25) is 0 Å². The summed E-state index contributed by atoms with van der Waals surface area (Å²) in [4.78, 5) is 8.06. The molecule has 2 rings (SSSR count). The van der Waals surface area contributed by atoms with Crippen LogP contribution >= 0.6 is 0 Å². The SMILES string of the molecule is CN(C)CC1CN(c2cccc(F)n2)CCO1. The van der Waals surface area contributed by atoms with Gasteiger partial charge in [0.15, 0.2) is 0 Å². The van der Waals surface area contributed by atoms with Crippen LogP contribution in [0.5, 0.6) is 0 Å². The third kappa shape index (κ3) is 3.38. The van der Waals surface area contributed by atoms with E-state index in [9.17, 15) is 4.39 Å². The molecule has 0 saturated carbocycles. The molecule has 94 valence electrons. The van der Waals surface area contributed by atoms with E-state index in [4.69, 9.17) is 4.74 Å². The number of ether oxygens (including phenoxy) is 1. The second-order valence-electron chi connectivity index (χ2n) is 4.52. The van der Waals surface area contributed by atoms with Crippen LogP contribution in [-0.4, -0.2) is 56.3 Å². The molecule has 17 heavy (non-hydrogen) atoms. The topological polar surface area (TPSA) is 28.6 Å². The monoisotopic (exact) mass is 239 g/mol. The van der Waals surface area contributed by atoms with Crippen molar-refractivity contribution in [2.75, 3.05) is 45.2 Å². The predicted molar refractivity (Wildman–Crippen MR) is 64.7 cm³/mol. The van der Waals surface area contributed by atoms with Crippen molar-refractivity contribution in [1.29, 1.82) is 0 Å². The molecule has 0 N–H and O–H groups in total. The quantitative estimate of drug-likeness (QED) is 0.735. The maximum atomic E-state index is 13.1. The summed E-state index contributed by atoms with van der Waals surface area (Å²) in [5.74, 6) is 0.259. The summed E-state index contributed by atoms with van der Waals surface area (Å²) in [5, 5.41) is 0. The third-order valence-corrected chi connectivity index (χ3v) is 2.73. The highest BCUT2D eigenvalue weighted by molar-refractivity contribution is 5.38. The largest absolute Gasteiger partial charge is 0.373 e. The van der Waals surface area contributed by atoms with Gasteiger partial charge >= 0.3 is 0 Å². The second-order valence-corrected chi connectivity index (χ2v) is 4.52. The fourth-order valence-electron chi connectivity index (χ4n) is 2.02. The molecule has 4 nitrogen and oxygen atoms in total. The molecule has 5 heteroatoms. The zero-order valence-electron chi connectivity index (χ0n) is 10.3. The summed E-state index contributed by atoms with van der Waals surface area (Å²) in [6.07, 6.45) is 0.156. The minimum atomic E-state index is -0.432. The van der Waals surface area contributed by atoms with Gasteiger partial charge in [-0.1, -0.05) is 6.07 Å². The molecule has 1 unspecified atom stereocenters. The van der Waals surface area contributed by atoms with Crippen molar-refractivity contribution in [3.05, 3.63) is 24.1 Å². The van der Waals surface area contributed by atoms with Crippen LogP contribution in [-0.2, 0) is 4.74 Å². The number of pyridine rings is 1. The molecule has 0 aliphatic carbocycles. The van der Waals surface area contributed by atoms with E-state index < -0.39 is 5.95 Å². The predicted octanol–water partition coefficient (Wildman–Crippen LogP) is 0.987. The lowest BCUT2D eigenvalue weighted by Gasteiger charge is -2.34. The van der Waals surface area contributed by atoms with Crippen molar-refractivity contribution in [1.82, 2.24) is 9.88 Å². The van der Waals surface area contributed by atoms with E-state index in [0.717, 1.165) is 19.6 Å². The molecule has 1 aliphatic heterocycles. The van der Waals surface area contributed by atoms with Crippen LogP contribution < -0.4 is 4.90 Å². The number of likely N-dealkylation sites (N-methyl/N-ethyl adjacent to an activating group) is 1. The molecular weight excluding hydrogens is 221 g/mol. The van der Waals surface area contributed by atoms with Crippen LogP contribution in [0.4, 0.5) is 10.2 Å². The number of rotatable bonds is 3. The van der Waals surface area contributed by atoms with Crippen LogP contribution in [0.3, 0.4) is 0 Å². The van der Waals surface area contributed by atoms with E-state index in [0.29, 0.717) is 12.4 Å². The van der Waals surface area contributed by atoms with Crippen molar-refractivity contribution in [3.8, 4) is 0 Å². The number of halogens is 1. The van der Waals surface area contributed by atoms with Gasteiger partial charge in [0, 0.05) is 19.6 Å². The Bertz CT molecular complexity index is 373. The number of nitrogens with zero attached hydrogens (tertiary/aromatic N) is 3. The van der Waals surface area contributed by atoms with Crippen LogP contribution in [0.1, 0.15) is 0 Å². The first-order valence-electron chi connectivity index (χ1n) is 5.79. The van der Waals surface area contributed by atoms with Crippen molar-refractivity contribution in [2.45, 2.75) is 6.10 Å². The molecular formula is C12H18FN3O. The lowest BCUT2D eigenvalue weighted by atomic mass is 10.2. The van der Waals surface area contributed by atoms with Crippen LogP contribution in [0.25, 0.3) is 0 Å². The summed E-state index contributed by atoms with van der Waals surface area (Å²) < 4.78 is 18.7. The Morgan fingerprint density at radius 1 is 1.53 bits per heavy atom. The van der Waals surface area contributed by atoms with Gasteiger partial charge in [-0.05, 0) is 26.2 Å². The molecule has 0 bridgehead atoms. The highest BCUT2D eigenvalue weighted by Crippen LogP contribution is 2.15. The highest BCUT2D eigenvalue weighted by Gasteiger charge is 2.21. The standard InChI is InChI=1S/C12H18FN3O/c1-15(2)8-10-9-16(6-7-17-10)12-5-3-4-11(13)14-12/h3-5,10H,6-9H2,1-2H3. The first-order valence-corrected chi connectivity index (χ1v) is 5.79. The molecule has 1 saturated heterocycles. The zero-order valence-corrected chi connectivity index (χ0v) is 10.3. The van der Waals surface area contributed by atoms with Gasteiger partial charge in [-0.25, -0.2) is 4.98 Å². The van der Waals surface area contributed by atoms with Gasteiger partial charge in [-0.15, -0.1) is 0 Å². The van der Waals surface area contributed by atoms with Crippen LogP contribution in [0.2, 0.25) is 0 Å². The summed E-state index contributed by atoms with van der Waals surface area (Å²) in [6, 6.07) is 4.89. The Morgan fingerprint density at radius 2 is 2.35 bits per heavy atom. The van der Waals surface area contributed by atoms with E-state index in [1.54, 1.807) is 6.07 Å². The Hall–Kier alpha value is -1.20. The van der Waals surface area contributed by atoms with E-state index in [1.807, 2.05) is 20.2 Å². The smallest absolute Gasteiger partial charge is 0.214 e. The average molecular weight is 239 g/mol. The highest BCUT2D eigenvalue weighted by atomic mass is 19.1. The lowest BCUT2D eigenvalue weighted by molar-refractivity contribution is 0.0245. The minimum Gasteiger partial charge on any atom is -0.373 e. The van der Waals surface area contributed by atoms with E-state index in [2.05, 4.69) is 14.8 Å². The summed E-state index contributed by atoms with van der Waals surface area (Å²) in [6.45, 7) is 3.05. The number of aromatic nitrogens is 1. The molecule has 1 fully saturated rings. The number of morpholine rings is 1. The lowest BCUT2D eigenvalue weighted by Crippen LogP contribution is -2.46. The average Bonchev–Trinajstić information content (AvgIpc) is 2.28. The van der Waals surface area contributed by atoms with Crippen molar-refractivity contribution in [2.24, 2.45) is 0 Å². The summed E-state index contributed by atoms with van der Waals surface area (Å²) in [7, 11) is 4.03. The third-order valence-electron chi connectivity index (χ3n) is 2.73. The maximum absolute atomic E-state index is 13.1. The minimum absolute atomic E-state index is 0.156. The Kier molecular flexibility index (Phi) is 3.91. The van der Waals surface area contributed by atoms with Crippen molar-refractivity contribution < 1.29 is 9.13 Å². The molecule has 0 spiro atoms. The zero-order chi connectivity index (χ0) is 12.3. The van der Waals surface area contributed by atoms with Gasteiger partial charge in [0.2, 0.25) is 5.95 Å². The molecule has 1 aromatic rings. The van der Waals surface area contributed by atoms with Crippen LogP contribution in [0.15, 0.2) is 18.2 Å². The number of hydrogen-bond acceptors (Lipinski definition) is 4. The molecule has 0 aromatic carbocycles. The summed E-state index contributed by atoms with van der Waals surface area (Å²) >= 11 is 0. The summed E-state index contributed by atoms with van der Waals surface area (Å²) in [5.41, 5.74) is 0. The molecule has 0 amide bonds. The molecule has 2 heterocycles. The Morgan fingerprint density at radius 3 is 3.06 bits per heavy atom. The molecule has 0 radical (unpaired) electrons. The Labute approximate surface area is 101 Å². The van der Waals surface area contributed by atoms with Gasteiger partial charge < -0.3 is 14.5 Å². The molecule has 1 atom stereocenters. The number of anilines is 1. The van der Waals surface area contributed by atoms with E-state index >= 15 is 0 Å². The normalized spacial score (nSPS) is 20.9. The maximum Gasteiger partial charge on any atom is 0.214 e. The number of hydrogen-bond donors (Lipinski definition) is 0. The van der Waals surface area contributed by atoms with Gasteiger partial charge in [-0.2, -0.15) is 4.39 Å². The first-order chi connectivity index (χ1) is 8.15. The van der Waals surface area contributed by atoms with Crippen LogP contribution in [0, 0.1) is 5.95 Å².